The molecule has 0 bridgehead atoms. The predicted molar refractivity (Wildman–Crippen MR) is 61.5 cm³/mol. The second-order valence-electron chi connectivity index (χ2n) is 5.07. The molecular weight excluding hydrogens is 224 g/mol. The van der Waals surface area contributed by atoms with Crippen molar-refractivity contribution in [1.29, 1.82) is 0 Å². The van der Waals surface area contributed by atoms with Crippen LogP contribution in [-0.4, -0.2) is 28.4 Å². The van der Waals surface area contributed by atoms with Crippen LogP contribution in [0.4, 0.5) is 0 Å². The van der Waals surface area contributed by atoms with Crippen molar-refractivity contribution < 1.29 is 24.2 Å². The first kappa shape index (κ1) is 15.6. The van der Waals surface area contributed by atoms with Crippen LogP contribution in [0.25, 0.3) is 0 Å². The fourth-order valence-corrected chi connectivity index (χ4v) is 1.27. The third kappa shape index (κ3) is 8.42. The third-order valence-corrected chi connectivity index (χ3v) is 2.03. The Morgan fingerprint density at radius 3 is 2.12 bits per heavy atom. The van der Waals surface area contributed by atoms with Crippen LogP contribution >= 0.6 is 0 Å². The predicted octanol–water partition coefficient (Wildman–Crippen LogP) is 1.79. The summed E-state index contributed by atoms with van der Waals surface area (Å²) in [5.74, 6) is -2.56. The Bertz CT molecular complexity index is 301. The average Bonchev–Trinajstić information content (AvgIpc) is 2.08. The molecule has 1 atom stereocenters. The summed E-state index contributed by atoms with van der Waals surface area (Å²) in [6, 6.07) is 0. The molecule has 98 valence electrons. The molecule has 0 aliphatic carbocycles. The maximum Gasteiger partial charge on any atom is 0.307 e. The van der Waals surface area contributed by atoms with E-state index in [0.29, 0.717) is 0 Å². The molecule has 0 saturated heterocycles. The number of carbonyl (C=O) groups is 3. The summed E-state index contributed by atoms with van der Waals surface area (Å²) in [5.41, 5.74) is -0.624. The van der Waals surface area contributed by atoms with Crippen LogP contribution in [0.5, 0.6) is 0 Å². The van der Waals surface area contributed by atoms with E-state index in [1.54, 1.807) is 20.8 Å². The van der Waals surface area contributed by atoms with E-state index in [-0.39, 0.29) is 25.0 Å². The van der Waals surface area contributed by atoms with Crippen LogP contribution in [0.15, 0.2) is 0 Å². The number of hydrogen-bond acceptors (Lipinski definition) is 4. The molecule has 0 amide bonds. The lowest BCUT2D eigenvalue weighted by Crippen LogP contribution is -2.27. The zero-order valence-electron chi connectivity index (χ0n) is 10.8. The first-order valence-electron chi connectivity index (χ1n) is 5.56. The molecule has 0 heterocycles. The molecular formula is C12H20O5. The minimum Gasteiger partial charge on any atom is -0.481 e. The molecule has 0 aromatic rings. The standard InChI is InChI=1S/C12H20O5/c1-8(13)5-6-9(11(15)16)7-10(14)17-12(2,3)4/h9H,5-7H2,1-4H3,(H,15,16)/t9-/m0/s1. The molecule has 5 heteroatoms. The van der Waals surface area contributed by atoms with Crippen molar-refractivity contribution in [3.05, 3.63) is 0 Å². The Morgan fingerprint density at radius 2 is 1.76 bits per heavy atom. The Hall–Kier alpha value is -1.39. The minimum atomic E-state index is -1.07. The van der Waals surface area contributed by atoms with Gasteiger partial charge in [-0.05, 0) is 34.1 Å². The lowest BCUT2D eigenvalue weighted by Gasteiger charge is -2.20. The monoisotopic (exact) mass is 244 g/mol. The fraction of sp³-hybridized carbons (Fsp3) is 0.750. The Kier molecular flexibility index (Phi) is 5.85. The first-order chi connectivity index (χ1) is 7.61. The van der Waals surface area contributed by atoms with Crippen LogP contribution in [0.2, 0.25) is 0 Å². The van der Waals surface area contributed by atoms with Gasteiger partial charge in [0.25, 0.3) is 0 Å². The molecule has 5 nitrogen and oxygen atoms in total. The van der Waals surface area contributed by atoms with Crippen LogP contribution in [0.1, 0.15) is 47.0 Å². The van der Waals surface area contributed by atoms with E-state index in [1.165, 1.54) is 6.92 Å². The van der Waals surface area contributed by atoms with Crippen LogP contribution in [-0.2, 0) is 19.1 Å². The lowest BCUT2D eigenvalue weighted by molar-refractivity contribution is -0.160. The number of Topliss-reactive ketones (excluding diaryl/α,β-unsaturated/α-hetero) is 1. The summed E-state index contributed by atoms with van der Waals surface area (Å²) >= 11 is 0. The van der Waals surface area contributed by atoms with Gasteiger partial charge in [0.15, 0.2) is 0 Å². The first-order valence-corrected chi connectivity index (χ1v) is 5.56. The molecule has 0 unspecified atom stereocenters. The summed E-state index contributed by atoms with van der Waals surface area (Å²) in [6.45, 7) is 6.55. The lowest BCUT2D eigenvalue weighted by atomic mass is 9.98. The fourth-order valence-electron chi connectivity index (χ4n) is 1.27. The molecule has 0 radical (unpaired) electrons. The molecule has 0 aromatic carbocycles. The van der Waals surface area contributed by atoms with Gasteiger partial charge in [0.05, 0.1) is 12.3 Å². The molecule has 17 heavy (non-hydrogen) atoms. The van der Waals surface area contributed by atoms with Crippen LogP contribution < -0.4 is 0 Å². The van der Waals surface area contributed by atoms with E-state index in [2.05, 4.69) is 0 Å². The average molecular weight is 244 g/mol. The number of hydrogen-bond donors (Lipinski definition) is 1. The Labute approximate surface area is 101 Å². The zero-order chi connectivity index (χ0) is 13.6. The SMILES string of the molecule is CC(=O)CC[C@@H](CC(=O)OC(C)(C)C)C(=O)O. The van der Waals surface area contributed by atoms with Gasteiger partial charge in [0, 0.05) is 6.42 Å². The number of ether oxygens (including phenoxy) is 1. The number of carbonyl (C=O) groups excluding carboxylic acids is 2. The maximum absolute atomic E-state index is 11.4. The topological polar surface area (TPSA) is 80.7 Å². The highest BCUT2D eigenvalue weighted by Gasteiger charge is 2.25. The third-order valence-electron chi connectivity index (χ3n) is 2.03. The number of aliphatic carboxylic acids is 1. The number of carboxylic acids is 1. The maximum atomic E-state index is 11.4. The quantitative estimate of drug-likeness (QED) is 0.720. The number of carboxylic acid groups (broad SMARTS) is 1. The molecule has 1 N–H and O–H groups in total. The number of esters is 1. The van der Waals surface area contributed by atoms with Gasteiger partial charge < -0.3 is 14.6 Å². The van der Waals surface area contributed by atoms with Gasteiger partial charge in [0.1, 0.15) is 11.4 Å². The largest absolute Gasteiger partial charge is 0.481 e. The van der Waals surface area contributed by atoms with Crippen molar-refractivity contribution in [2.24, 2.45) is 5.92 Å². The van der Waals surface area contributed by atoms with Gasteiger partial charge in [0.2, 0.25) is 0 Å². The summed E-state index contributed by atoms with van der Waals surface area (Å²) < 4.78 is 5.04. The van der Waals surface area contributed by atoms with Gasteiger partial charge >= 0.3 is 11.9 Å². The van der Waals surface area contributed by atoms with Crippen molar-refractivity contribution in [3.63, 3.8) is 0 Å². The van der Waals surface area contributed by atoms with Gasteiger partial charge in [-0.2, -0.15) is 0 Å². The normalized spacial score (nSPS) is 12.9. The minimum absolute atomic E-state index is 0.0829. The highest BCUT2D eigenvalue weighted by Crippen LogP contribution is 2.16. The van der Waals surface area contributed by atoms with E-state index < -0.39 is 23.5 Å². The second-order valence-corrected chi connectivity index (χ2v) is 5.07. The van der Waals surface area contributed by atoms with Crippen molar-refractivity contribution in [2.75, 3.05) is 0 Å². The van der Waals surface area contributed by atoms with E-state index in [0.717, 1.165) is 0 Å². The van der Waals surface area contributed by atoms with E-state index in [9.17, 15) is 14.4 Å². The molecule has 0 rings (SSSR count). The van der Waals surface area contributed by atoms with Gasteiger partial charge in [-0.25, -0.2) is 0 Å². The summed E-state index contributed by atoms with van der Waals surface area (Å²) in [5, 5.41) is 8.91. The molecule has 0 aliphatic rings. The molecule has 0 saturated carbocycles. The smallest absolute Gasteiger partial charge is 0.307 e. The summed E-state index contributed by atoms with van der Waals surface area (Å²) in [7, 11) is 0. The summed E-state index contributed by atoms with van der Waals surface area (Å²) in [4.78, 5) is 33.1. The van der Waals surface area contributed by atoms with E-state index in [4.69, 9.17) is 9.84 Å². The molecule has 0 spiro atoms. The van der Waals surface area contributed by atoms with Crippen molar-refractivity contribution >= 4 is 17.7 Å². The molecule has 0 aliphatic heterocycles. The highest BCUT2D eigenvalue weighted by atomic mass is 16.6. The number of ketones is 1. The van der Waals surface area contributed by atoms with Gasteiger partial charge in [-0.15, -0.1) is 0 Å². The van der Waals surface area contributed by atoms with Crippen molar-refractivity contribution in [3.8, 4) is 0 Å². The van der Waals surface area contributed by atoms with Crippen LogP contribution in [0.3, 0.4) is 0 Å². The highest BCUT2D eigenvalue weighted by molar-refractivity contribution is 5.80. The van der Waals surface area contributed by atoms with Crippen molar-refractivity contribution in [1.82, 2.24) is 0 Å². The molecule has 0 aromatic heterocycles. The zero-order valence-corrected chi connectivity index (χ0v) is 10.8. The van der Waals surface area contributed by atoms with E-state index >= 15 is 0 Å². The van der Waals surface area contributed by atoms with Gasteiger partial charge in [-0.3, -0.25) is 9.59 Å². The summed E-state index contributed by atoms with van der Waals surface area (Å²) in [6.07, 6.45) is 0.142. The Morgan fingerprint density at radius 1 is 1.24 bits per heavy atom. The van der Waals surface area contributed by atoms with E-state index in [1.807, 2.05) is 0 Å². The Balaban J connectivity index is 4.30. The van der Waals surface area contributed by atoms with Gasteiger partial charge in [-0.1, -0.05) is 0 Å². The van der Waals surface area contributed by atoms with Crippen molar-refractivity contribution in [2.45, 2.75) is 52.6 Å². The number of rotatable bonds is 6. The second kappa shape index (κ2) is 6.37. The van der Waals surface area contributed by atoms with Crippen LogP contribution in [0, 0.1) is 5.92 Å². The molecule has 0 fully saturated rings.